The zero-order valence-corrected chi connectivity index (χ0v) is 12.7. The molecule has 0 fully saturated rings. The number of aryl methyl sites for hydroxylation is 3. The zero-order chi connectivity index (χ0) is 14.0. The lowest BCUT2D eigenvalue weighted by Crippen LogP contribution is -2.31. The molecule has 100 valence electrons. The summed E-state index contributed by atoms with van der Waals surface area (Å²) >= 11 is 1.51. The van der Waals surface area contributed by atoms with Crippen LogP contribution in [0.5, 0.6) is 0 Å². The first-order valence-electron chi connectivity index (χ1n) is 6.47. The summed E-state index contributed by atoms with van der Waals surface area (Å²) in [6.07, 6.45) is 0. The van der Waals surface area contributed by atoms with Gasteiger partial charge in [-0.3, -0.25) is 4.79 Å². The molecule has 0 bridgehead atoms. The van der Waals surface area contributed by atoms with Crippen molar-refractivity contribution < 1.29 is 4.79 Å². The van der Waals surface area contributed by atoms with Crippen molar-refractivity contribution in [3.8, 4) is 0 Å². The third kappa shape index (κ3) is 2.71. The molecule has 0 radical (unpaired) electrons. The number of thiophene rings is 1. The smallest absolute Gasteiger partial charge is 0.268 e. The first-order valence-corrected chi connectivity index (χ1v) is 7.35. The molecule has 2 rings (SSSR count). The van der Waals surface area contributed by atoms with Crippen molar-refractivity contribution in [2.75, 3.05) is 11.4 Å². The van der Waals surface area contributed by atoms with Gasteiger partial charge in [-0.2, -0.15) is 0 Å². The Bertz CT molecular complexity index is 601. The number of carbonyl (C=O) groups excluding carboxylic acids is 1. The maximum Gasteiger partial charge on any atom is 0.268 e. The van der Waals surface area contributed by atoms with Crippen molar-refractivity contribution in [3.05, 3.63) is 51.2 Å². The molecule has 0 aliphatic carbocycles. The van der Waals surface area contributed by atoms with E-state index in [0.717, 1.165) is 21.7 Å². The van der Waals surface area contributed by atoms with Crippen LogP contribution in [0.15, 0.2) is 29.6 Å². The Morgan fingerprint density at radius 2 is 1.89 bits per heavy atom. The van der Waals surface area contributed by atoms with E-state index < -0.39 is 0 Å². The summed E-state index contributed by atoms with van der Waals surface area (Å²) in [6, 6.07) is 8.20. The maximum absolute atomic E-state index is 12.6. The van der Waals surface area contributed by atoms with Gasteiger partial charge in [0.1, 0.15) is 0 Å². The minimum absolute atomic E-state index is 0.0990. The summed E-state index contributed by atoms with van der Waals surface area (Å²) in [5, 5.41) is 1.97. The van der Waals surface area contributed by atoms with Crippen LogP contribution in [0.25, 0.3) is 0 Å². The van der Waals surface area contributed by atoms with Crippen LogP contribution in [0.3, 0.4) is 0 Å². The van der Waals surface area contributed by atoms with Crippen molar-refractivity contribution >= 4 is 22.9 Å². The molecule has 0 aliphatic rings. The molecule has 1 aromatic carbocycles. The van der Waals surface area contributed by atoms with E-state index in [-0.39, 0.29) is 5.91 Å². The number of hydrogen-bond acceptors (Lipinski definition) is 2. The second-order valence-electron chi connectivity index (χ2n) is 4.77. The molecule has 0 saturated heterocycles. The van der Waals surface area contributed by atoms with Gasteiger partial charge in [0.2, 0.25) is 0 Å². The first kappa shape index (κ1) is 13.8. The number of hydrogen-bond donors (Lipinski definition) is 0. The summed E-state index contributed by atoms with van der Waals surface area (Å²) in [5.74, 6) is 0.0990. The highest BCUT2D eigenvalue weighted by molar-refractivity contribution is 7.12. The molecule has 1 aromatic heterocycles. The average Bonchev–Trinajstić information content (AvgIpc) is 2.78. The Balaban J connectivity index is 2.40. The lowest BCUT2D eigenvalue weighted by molar-refractivity contribution is 0.0991. The van der Waals surface area contributed by atoms with E-state index in [1.54, 1.807) is 0 Å². The minimum Gasteiger partial charge on any atom is -0.308 e. The second kappa shape index (κ2) is 5.57. The average molecular weight is 273 g/mol. The highest BCUT2D eigenvalue weighted by Gasteiger charge is 2.20. The second-order valence-corrected chi connectivity index (χ2v) is 5.69. The first-order chi connectivity index (χ1) is 9.04. The third-order valence-corrected chi connectivity index (χ3v) is 4.27. The van der Waals surface area contributed by atoms with E-state index >= 15 is 0 Å². The Morgan fingerprint density at radius 3 is 2.42 bits per heavy atom. The van der Waals surface area contributed by atoms with Crippen LogP contribution in [0, 0.1) is 20.8 Å². The van der Waals surface area contributed by atoms with Gasteiger partial charge < -0.3 is 4.90 Å². The Labute approximate surface area is 118 Å². The monoisotopic (exact) mass is 273 g/mol. The molecular weight excluding hydrogens is 254 g/mol. The fourth-order valence-electron chi connectivity index (χ4n) is 2.25. The van der Waals surface area contributed by atoms with Gasteiger partial charge in [-0.15, -0.1) is 11.3 Å². The lowest BCUT2D eigenvalue weighted by atomic mass is 10.1. The molecule has 0 aliphatic heterocycles. The largest absolute Gasteiger partial charge is 0.308 e. The van der Waals surface area contributed by atoms with E-state index in [1.165, 1.54) is 16.9 Å². The van der Waals surface area contributed by atoms with E-state index in [4.69, 9.17) is 0 Å². The summed E-state index contributed by atoms with van der Waals surface area (Å²) in [6.45, 7) is 8.80. The number of carbonyl (C=O) groups is 1. The quantitative estimate of drug-likeness (QED) is 0.814. The predicted octanol–water partition coefficient (Wildman–Crippen LogP) is 4.34. The van der Waals surface area contributed by atoms with E-state index in [2.05, 4.69) is 26.0 Å². The fourth-order valence-corrected chi connectivity index (χ4v) is 3.12. The molecule has 1 amide bonds. The van der Waals surface area contributed by atoms with Crippen molar-refractivity contribution in [1.29, 1.82) is 0 Å². The lowest BCUT2D eigenvalue weighted by Gasteiger charge is -2.23. The molecule has 0 N–H and O–H groups in total. The van der Waals surface area contributed by atoms with Crippen molar-refractivity contribution in [2.24, 2.45) is 0 Å². The van der Waals surface area contributed by atoms with Crippen LogP contribution in [0.4, 0.5) is 5.69 Å². The van der Waals surface area contributed by atoms with Crippen molar-refractivity contribution in [3.63, 3.8) is 0 Å². The highest BCUT2D eigenvalue weighted by atomic mass is 32.1. The van der Waals surface area contributed by atoms with Gasteiger partial charge in [-0.1, -0.05) is 17.7 Å². The fraction of sp³-hybridized carbons (Fsp3) is 0.312. The molecule has 2 aromatic rings. The SMILES string of the molecule is CCN(C(=O)c1sccc1C)c1ccc(C)cc1C. The van der Waals surface area contributed by atoms with Crippen LogP contribution >= 0.6 is 11.3 Å². The van der Waals surface area contributed by atoms with Crippen LogP contribution in [-0.4, -0.2) is 12.5 Å². The summed E-state index contributed by atoms with van der Waals surface area (Å²) in [7, 11) is 0. The number of benzene rings is 1. The number of rotatable bonds is 3. The number of anilines is 1. The normalized spacial score (nSPS) is 10.5. The zero-order valence-electron chi connectivity index (χ0n) is 11.9. The highest BCUT2D eigenvalue weighted by Crippen LogP contribution is 2.25. The Hall–Kier alpha value is -1.61. The molecule has 19 heavy (non-hydrogen) atoms. The van der Waals surface area contributed by atoms with Gasteiger partial charge in [0.05, 0.1) is 4.88 Å². The summed E-state index contributed by atoms with van der Waals surface area (Å²) in [4.78, 5) is 15.3. The van der Waals surface area contributed by atoms with Gasteiger partial charge in [0.25, 0.3) is 5.91 Å². The predicted molar refractivity (Wildman–Crippen MR) is 82.3 cm³/mol. The number of amides is 1. The van der Waals surface area contributed by atoms with Gasteiger partial charge >= 0.3 is 0 Å². The van der Waals surface area contributed by atoms with Crippen LogP contribution in [-0.2, 0) is 0 Å². The minimum atomic E-state index is 0.0990. The van der Waals surface area contributed by atoms with E-state index in [1.807, 2.05) is 36.3 Å². The van der Waals surface area contributed by atoms with Gasteiger partial charge in [0, 0.05) is 12.2 Å². The standard InChI is InChI=1S/C16H19NOS/c1-5-17(14-7-6-11(2)10-13(14)4)16(18)15-12(3)8-9-19-15/h6-10H,5H2,1-4H3. The summed E-state index contributed by atoms with van der Waals surface area (Å²) < 4.78 is 0. The van der Waals surface area contributed by atoms with Crippen LogP contribution in [0.1, 0.15) is 33.3 Å². The van der Waals surface area contributed by atoms with Gasteiger partial charge in [0.15, 0.2) is 0 Å². The topological polar surface area (TPSA) is 20.3 Å². The molecule has 2 nitrogen and oxygen atoms in total. The van der Waals surface area contributed by atoms with Crippen molar-refractivity contribution in [2.45, 2.75) is 27.7 Å². The van der Waals surface area contributed by atoms with E-state index in [9.17, 15) is 4.79 Å². The Morgan fingerprint density at radius 1 is 1.16 bits per heavy atom. The third-order valence-electron chi connectivity index (χ3n) is 3.26. The van der Waals surface area contributed by atoms with Crippen molar-refractivity contribution in [1.82, 2.24) is 0 Å². The molecule has 0 unspecified atom stereocenters. The van der Waals surface area contributed by atoms with Gasteiger partial charge in [-0.25, -0.2) is 0 Å². The molecule has 1 heterocycles. The maximum atomic E-state index is 12.6. The van der Waals surface area contributed by atoms with E-state index in [0.29, 0.717) is 6.54 Å². The number of nitrogens with zero attached hydrogens (tertiary/aromatic N) is 1. The van der Waals surface area contributed by atoms with Crippen LogP contribution < -0.4 is 4.90 Å². The van der Waals surface area contributed by atoms with Gasteiger partial charge in [-0.05, 0) is 56.3 Å². The Kier molecular flexibility index (Phi) is 4.05. The molecule has 3 heteroatoms. The summed E-state index contributed by atoms with van der Waals surface area (Å²) in [5.41, 5.74) is 4.42. The molecule has 0 saturated carbocycles. The molecular formula is C16H19NOS. The van der Waals surface area contributed by atoms with Crippen LogP contribution in [0.2, 0.25) is 0 Å². The molecule has 0 spiro atoms. The molecule has 0 atom stereocenters.